The number of halogens is 1. The molecule has 3 aromatic rings. The van der Waals surface area contributed by atoms with Crippen LogP contribution in [0.5, 0.6) is 11.5 Å². The quantitative estimate of drug-likeness (QED) is 0.412. The molecule has 0 aliphatic carbocycles. The summed E-state index contributed by atoms with van der Waals surface area (Å²) in [5.74, 6) is 0.588. The molecule has 0 atom stereocenters. The summed E-state index contributed by atoms with van der Waals surface area (Å²) in [5, 5.41) is 1.47. The van der Waals surface area contributed by atoms with Crippen LogP contribution in [0.3, 0.4) is 0 Å². The maximum Gasteiger partial charge on any atom is 0.293 e. The number of hydrogen-bond acceptors (Lipinski definition) is 5. The lowest BCUT2D eigenvalue weighted by Gasteiger charge is -2.13. The molecule has 0 N–H and O–H groups in total. The Balaban J connectivity index is 1.73. The molecule has 32 heavy (non-hydrogen) atoms. The Bertz CT molecular complexity index is 1200. The minimum absolute atomic E-state index is 0.0879. The fraction of sp³-hybridized carbons (Fsp3) is 0.200. The summed E-state index contributed by atoms with van der Waals surface area (Å²) in [6, 6.07) is 15.3. The molecule has 0 unspecified atom stereocenters. The lowest BCUT2D eigenvalue weighted by Crippen LogP contribution is -2.27. The summed E-state index contributed by atoms with van der Waals surface area (Å²) in [7, 11) is 0. The Morgan fingerprint density at radius 2 is 1.69 bits per heavy atom. The van der Waals surface area contributed by atoms with Crippen molar-refractivity contribution < 1.29 is 23.5 Å². The largest absolute Gasteiger partial charge is 0.494 e. The Hall–Kier alpha value is -3.32. The van der Waals surface area contributed by atoms with E-state index in [0.29, 0.717) is 35.2 Å². The Morgan fingerprint density at radius 1 is 0.969 bits per heavy atom. The van der Waals surface area contributed by atoms with Gasteiger partial charge in [0.1, 0.15) is 17.3 Å². The monoisotopic (exact) mass is 451 g/mol. The number of hydrogen-bond donors (Lipinski definition) is 0. The molecule has 7 heteroatoms. The van der Waals surface area contributed by atoms with Crippen molar-refractivity contribution in [2.45, 2.75) is 20.4 Å². The van der Waals surface area contributed by atoms with E-state index in [4.69, 9.17) is 9.47 Å². The van der Waals surface area contributed by atoms with Gasteiger partial charge in [-0.15, -0.1) is 0 Å². The van der Waals surface area contributed by atoms with Crippen LogP contribution in [-0.2, 0) is 11.3 Å². The van der Waals surface area contributed by atoms with E-state index in [2.05, 4.69) is 0 Å². The number of thioether (sulfide) groups is 1. The van der Waals surface area contributed by atoms with Gasteiger partial charge in [0.25, 0.3) is 11.1 Å². The molecule has 3 aromatic carbocycles. The van der Waals surface area contributed by atoms with E-state index in [1.807, 2.05) is 44.2 Å². The predicted molar refractivity (Wildman–Crippen MR) is 124 cm³/mol. The lowest BCUT2D eigenvalue weighted by molar-refractivity contribution is -0.123. The molecule has 1 aliphatic heterocycles. The molecule has 1 saturated heterocycles. The lowest BCUT2D eigenvalue weighted by atomic mass is 10.0. The first-order valence-corrected chi connectivity index (χ1v) is 11.1. The Labute approximate surface area is 189 Å². The number of carbonyl (C=O) groups is 2. The van der Waals surface area contributed by atoms with E-state index in [-0.39, 0.29) is 23.5 Å². The van der Waals surface area contributed by atoms with Crippen LogP contribution in [-0.4, -0.2) is 29.3 Å². The number of carbonyl (C=O) groups excluding carboxylic acids is 2. The van der Waals surface area contributed by atoms with E-state index >= 15 is 0 Å². The van der Waals surface area contributed by atoms with E-state index in [1.165, 1.54) is 17.0 Å². The molecule has 4 rings (SSSR count). The Morgan fingerprint density at radius 3 is 2.41 bits per heavy atom. The van der Waals surface area contributed by atoms with Crippen LogP contribution in [0.4, 0.5) is 9.18 Å². The summed E-state index contributed by atoms with van der Waals surface area (Å²) < 4.78 is 24.6. The Kier molecular flexibility index (Phi) is 6.46. The van der Waals surface area contributed by atoms with Gasteiger partial charge in [0, 0.05) is 5.56 Å². The average Bonchev–Trinajstić information content (AvgIpc) is 3.04. The summed E-state index contributed by atoms with van der Waals surface area (Å²) in [6.45, 7) is 4.89. The van der Waals surface area contributed by atoms with Gasteiger partial charge >= 0.3 is 0 Å². The zero-order chi connectivity index (χ0) is 22.7. The molecular weight excluding hydrogens is 429 g/mol. The summed E-state index contributed by atoms with van der Waals surface area (Å²) in [6.07, 6.45) is 1.71. The number of ether oxygens (including phenoxy) is 2. The third kappa shape index (κ3) is 4.48. The van der Waals surface area contributed by atoms with Gasteiger partial charge in [-0.2, -0.15) is 0 Å². The predicted octanol–water partition coefficient (Wildman–Crippen LogP) is 6.01. The van der Waals surface area contributed by atoms with Crippen molar-refractivity contribution in [1.29, 1.82) is 0 Å². The smallest absolute Gasteiger partial charge is 0.293 e. The van der Waals surface area contributed by atoms with Crippen molar-refractivity contribution in [3.05, 3.63) is 76.4 Å². The van der Waals surface area contributed by atoms with Gasteiger partial charge in [0.05, 0.1) is 24.7 Å². The summed E-state index contributed by atoms with van der Waals surface area (Å²) in [4.78, 5) is 27.1. The van der Waals surface area contributed by atoms with E-state index in [0.717, 1.165) is 28.1 Å². The highest BCUT2D eigenvalue weighted by atomic mass is 32.2. The van der Waals surface area contributed by atoms with Gasteiger partial charge in [-0.25, -0.2) is 4.39 Å². The van der Waals surface area contributed by atoms with Gasteiger partial charge in [-0.05, 0) is 78.4 Å². The fourth-order valence-corrected chi connectivity index (χ4v) is 4.35. The molecule has 0 aromatic heterocycles. The van der Waals surface area contributed by atoms with Crippen molar-refractivity contribution >= 4 is 39.8 Å². The molecule has 2 amide bonds. The van der Waals surface area contributed by atoms with Crippen LogP contribution in [0.2, 0.25) is 0 Å². The van der Waals surface area contributed by atoms with Crippen LogP contribution in [0.1, 0.15) is 25.0 Å². The van der Waals surface area contributed by atoms with E-state index in [9.17, 15) is 14.0 Å². The zero-order valence-electron chi connectivity index (χ0n) is 17.8. The van der Waals surface area contributed by atoms with Gasteiger partial charge in [0.2, 0.25) is 0 Å². The molecule has 164 valence electrons. The van der Waals surface area contributed by atoms with Crippen LogP contribution < -0.4 is 9.47 Å². The molecule has 0 spiro atoms. The number of rotatable bonds is 7. The normalized spacial score (nSPS) is 15.1. The van der Waals surface area contributed by atoms with Crippen molar-refractivity contribution in [3.63, 3.8) is 0 Å². The third-order valence-corrected chi connectivity index (χ3v) is 5.92. The second-order valence-electron chi connectivity index (χ2n) is 7.12. The summed E-state index contributed by atoms with van der Waals surface area (Å²) >= 11 is 0.886. The fourth-order valence-electron chi connectivity index (χ4n) is 3.53. The van der Waals surface area contributed by atoms with Crippen molar-refractivity contribution in [3.8, 4) is 11.5 Å². The van der Waals surface area contributed by atoms with Crippen molar-refractivity contribution in [2.75, 3.05) is 13.2 Å². The first-order valence-electron chi connectivity index (χ1n) is 10.3. The molecule has 5 nitrogen and oxygen atoms in total. The molecule has 1 fully saturated rings. The van der Waals surface area contributed by atoms with Crippen LogP contribution in [0, 0.1) is 5.82 Å². The van der Waals surface area contributed by atoms with E-state index < -0.39 is 0 Å². The first kappa shape index (κ1) is 21.9. The van der Waals surface area contributed by atoms with Crippen molar-refractivity contribution in [1.82, 2.24) is 4.90 Å². The molecule has 1 heterocycles. The highest BCUT2D eigenvalue weighted by molar-refractivity contribution is 8.18. The number of benzene rings is 3. The highest BCUT2D eigenvalue weighted by Gasteiger charge is 2.35. The minimum Gasteiger partial charge on any atom is -0.494 e. The van der Waals surface area contributed by atoms with Gasteiger partial charge in [0.15, 0.2) is 0 Å². The standard InChI is InChI=1S/C25H22FNO4S/c1-3-30-19-11-7-17-8-12-22(31-4-2)21(20(17)13-19)14-23-24(28)27(25(29)32-23)15-16-5-9-18(26)10-6-16/h5-14H,3-4,15H2,1-2H3/b23-14+. The van der Waals surface area contributed by atoms with Crippen LogP contribution in [0.15, 0.2) is 59.5 Å². The number of nitrogens with zero attached hydrogens (tertiary/aromatic N) is 1. The highest BCUT2D eigenvalue weighted by Crippen LogP contribution is 2.38. The van der Waals surface area contributed by atoms with E-state index in [1.54, 1.807) is 18.2 Å². The van der Waals surface area contributed by atoms with Crippen LogP contribution >= 0.6 is 11.8 Å². The molecule has 0 bridgehead atoms. The topological polar surface area (TPSA) is 55.8 Å². The molecular formula is C25H22FNO4S. The zero-order valence-corrected chi connectivity index (χ0v) is 18.6. The first-order chi connectivity index (χ1) is 15.5. The number of fused-ring (bicyclic) bond motifs is 1. The van der Waals surface area contributed by atoms with Crippen LogP contribution in [0.25, 0.3) is 16.8 Å². The third-order valence-electron chi connectivity index (χ3n) is 5.01. The maximum atomic E-state index is 13.2. The minimum atomic E-state index is -0.385. The molecule has 1 aliphatic rings. The summed E-state index contributed by atoms with van der Waals surface area (Å²) in [5.41, 5.74) is 1.40. The average molecular weight is 452 g/mol. The van der Waals surface area contributed by atoms with Gasteiger partial charge in [-0.3, -0.25) is 14.5 Å². The van der Waals surface area contributed by atoms with Crippen molar-refractivity contribution in [2.24, 2.45) is 0 Å². The van der Waals surface area contributed by atoms with Gasteiger partial charge < -0.3 is 9.47 Å². The maximum absolute atomic E-state index is 13.2. The second kappa shape index (κ2) is 9.44. The molecule has 0 radical (unpaired) electrons. The molecule has 0 saturated carbocycles. The van der Waals surface area contributed by atoms with Gasteiger partial charge in [-0.1, -0.05) is 24.3 Å². The number of imide groups is 1. The number of amides is 2. The second-order valence-corrected chi connectivity index (χ2v) is 8.11. The SMILES string of the molecule is CCOc1ccc2ccc(OCC)c(/C=C3/SC(=O)N(Cc4ccc(F)cc4)C3=O)c2c1.